The Morgan fingerprint density at radius 2 is 1.90 bits per heavy atom. The molecule has 0 saturated carbocycles. The number of amides is 1. The van der Waals surface area contributed by atoms with E-state index in [1.165, 1.54) is 10.6 Å². The third-order valence-electron chi connectivity index (χ3n) is 5.05. The average molecular weight is 415 g/mol. The van der Waals surface area contributed by atoms with Gasteiger partial charge in [0.1, 0.15) is 5.75 Å². The average Bonchev–Trinajstić information content (AvgIpc) is 2.77. The molecule has 1 aliphatic heterocycles. The molecule has 2 aromatic heterocycles. The molecule has 0 atom stereocenters. The fourth-order valence-corrected chi connectivity index (χ4v) is 3.33. The van der Waals surface area contributed by atoms with E-state index in [0.29, 0.717) is 43.0 Å². The minimum Gasteiger partial charge on any atom is -0.484 e. The molecule has 0 spiro atoms. The van der Waals surface area contributed by atoms with Gasteiger partial charge in [0, 0.05) is 45.5 Å². The van der Waals surface area contributed by atoms with Gasteiger partial charge in [-0.25, -0.2) is 13.8 Å². The first-order valence-corrected chi connectivity index (χ1v) is 9.35. The van der Waals surface area contributed by atoms with E-state index in [-0.39, 0.29) is 23.8 Å². The van der Waals surface area contributed by atoms with E-state index in [2.05, 4.69) is 9.97 Å². The molecule has 1 fully saturated rings. The van der Waals surface area contributed by atoms with Crippen LogP contribution in [0.2, 0.25) is 0 Å². The van der Waals surface area contributed by atoms with Gasteiger partial charge in [-0.2, -0.15) is 0 Å². The molecule has 8 nitrogen and oxygen atoms in total. The number of nitrogens with zero attached hydrogens (tertiary/aromatic N) is 5. The van der Waals surface area contributed by atoms with E-state index in [4.69, 9.17) is 4.74 Å². The number of halogens is 2. The first-order valence-electron chi connectivity index (χ1n) is 9.35. The molecule has 1 saturated heterocycles. The maximum Gasteiger partial charge on any atom is 0.293 e. The molecule has 0 radical (unpaired) electrons. The molecule has 30 heavy (non-hydrogen) atoms. The van der Waals surface area contributed by atoms with Gasteiger partial charge in [0.25, 0.3) is 11.5 Å². The van der Waals surface area contributed by atoms with Crippen molar-refractivity contribution in [3.05, 3.63) is 58.6 Å². The Kier molecular flexibility index (Phi) is 5.30. The Bertz CT molecular complexity index is 1160. The van der Waals surface area contributed by atoms with E-state index in [0.717, 1.165) is 12.1 Å². The van der Waals surface area contributed by atoms with Crippen LogP contribution in [0.5, 0.6) is 5.75 Å². The molecule has 0 bridgehead atoms. The molecule has 0 unspecified atom stereocenters. The lowest BCUT2D eigenvalue weighted by Crippen LogP contribution is -2.51. The van der Waals surface area contributed by atoms with E-state index in [1.807, 2.05) is 4.90 Å². The number of hydrogen-bond acceptors (Lipinski definition) is 6. The molecular weight excluding hydrogens is 396 g/mol. The highest BCUT2D eigenvalue weighted by atomic mass is 19.2. The molecular formula is C20H19F2N5O3. The zero-order valence-electron chi connectivity index (χ0n) is 16.2. The van der Waals surface area contributed by atoms with Gasteiger partial charge < -0.3 is 19.1 Å². The standard InChI is InChI=1S/C20H19F2N5O3/c1-25-17-11-23-5-4-16(17)24-19(20(25)29)27-8-6-26(7-9-27)18(28)12-30-13-2-3-14(21)15(22)10-13/h2-5,10-11H,6-9,12H2,1H3. The van der Waals surface area contributed by atoms with Crippen molar-refractivity contribution in [2.45, 2.75) is 0 Å². The van der Waals surface area contributed by atoms with Crippen molar-refractivity contribution in [3.8, 4) is 5.75 Å². The molecule has 3 aromatic rings. The van der Waals surface area contributed by atoms with Crippen LogP contribution >= 0.6 is 0 Å². The Labute approximate surface area is 170 Å². The normalized spacial score (nSPS) is 14.2. The molecule has 10 heteroatoms. The van der Waals surface area contributed by atoms with Gasteiger partial charge >= 0.3 is 0 Å². The predicted octanol–water partition coefficient (Wildman–Crippen LogP) is 1.33. The highest BCUT2D eigenvalue weighted by molar-refractivity contribution is 5.78. The van der Waals surface area contributed by atoms with E-state index in [1.54, 1.807) is 30.4 Å². The van der Waals surface area contributed by atoms with Gasteiger partial charge in [0.2, 0.25) is 0 Å². The largest absolute Gasteiger partial charge is 0.484 e. The smallest absolute Gasteiger partial charge is 0.293 e. The van der Waals surface area contributed by atoms with Crippen LogP contribution in [-0.4, -0.2) is 58.1 Å². The fraction of sp³-hybridized carbons (Fsp3) is 0.300. The summed E-state index contributed by atoms with van der Waals surface area (Å²) in [7, 11) is 1.67. The van der Waals surface area contributed by atoms with Crippen molar-refractivity contribution in [2.75, 3.05) is 37.7 Å². The summed E-state index contributed by atoms with van der Waals surface area (Å²) in [5.74, 6) is -1.87. The number of fused-ring (bicyclic) bond motifs is 1. The summed E-state index contributed by atoms with van der Waals surface area (Å²) in [5, 5.41) is 0. The molecule has 0 N–H and O–H groups in total. The summed E-state index contributed by atoms with van der Waals surface area (Å²) in [4.78, 5) is 37.0. The second-order valence-electron chi connectivity index (χ2n) is 6.90. The van der Waals surface area contributed by atoms with Crippen molar-refractivity contribution in [2.24, 2.45) is 7.05 Å². The highest BCUT2D eigenvalue weighted by Crippen LogP contribution is 2.17. The summed E-state index contributed by atoms with van der Waals surface area (Å²) >= 11 is 0. The highest BCUT2D eigenvalue weighted by Gasteiger charge is 2.24. The number of pyridine rings is 1. The van der Waals surface area contributed by atoms with Crippen molar-refractivity contribution < 1.29 is 18.3 Å². The van der Waals surface area contributed by atoms with Gasteiger partial charge in [-0.15, -0.1) is 0 Å². The summed E-state index contributed by atoms with van der Waals surface area (Å²) in [5.41, 5.74) is 1.09. The molecule has 1 aromatic carbocycles. The van der Waals surface area contributed by atoms with E-state index < -0.39 is 11.6 Å². The van der Waals surface area contributed by atoms with Crippen LogP contribution in [0.3, 0.4) is 0 Å². The van der Waals surface area contributed by atoms with Crippen LogP contribution in [0.1, 0.15) is 0 Å². The van der Waals surface area contributed by atoms with Crippen LogP contribution in [0.4, 0.5) is 14.6 Å². The van der Waals surface area contributed by atoms with Gasteiger partial charge in [0.15, 0.2) is 24.1 Å². The second-order valence-corrected chi connectivity index (χ2v) is 6.90. The number of hydrogen-bond donors (Lipinski definition) is 0. The van der Waals surface area contributed by atoms with Gasteiger partial charge in [0.05, 0.1) is 17.2 Å². The zero-order valence-corrected chi connectivity index (χ0v) is 16.2. The summed E-state index contributed by atoms with van der Waals surface area (Å²) in [6.07, 6.45) is 3.21. The SMILES string of the molecule is Cn1c(=O)c(N2CCN(C(=O)COc3ccc(F)c(F)c3)CC2)nc2ccncc21. The zero-order chi connectivity index (χ0) is 21.3. The van der Waals surface area contributed by atoms with Crippen LogP contribution in [0.25, 0.3) is 11.0 Å². The van der Waals surface area contributed by atoms with Crippen molar-refractivity contribution in [1.29, 1.82) is 0 Å². The lowest BCUT2D eigenvalue weighted by Gasteiger charge is -2.35. The number of aromatic nitrogens is 3. The first kappa shape index (κ1) is 19.7. The number of carbonyl (C=O) groups is 1. The third kappa shape index (κ3) is 3.80. The second kappa shape index (κ2) is 8.05. The fourth-order valence-electron chi connectivity index (χ4n) is 3.33. The molecule has 1 aliphatic rings. The molecule has 3 heterocycles. The van der Waals surface area contributed by atoms with Crippen molar-refractivity contribution in [3.63, 3.8) is 0 Å². The topological polar surface area (TPSA) is 80.6 Å². The number of benzene rings is 1. The summed E-state index contributed by atoms with van der Waals surface area (Å²) < 4.78 is 33.0. The van der Waals surface area contributed by atoms with Gasteiger partial charge in [-0.1, -0.05) is 0 Å². The lowest BCUT2D eigenvalue weighted by atomic mass is 10.3. The Hall–Kier alpha value is -3.56. The maximum atomic E-state index is 13.2. The Morgan fingerprint density at radius 1 is 1.13 bits per heavy atom. The van der Waals surface area contributed by atoms with E-state index >= 15 is 0 Å². The monoisotopic (exact) mass is 415 g/mol. The van der Waals surface area contributed by atoms with Crippen molar-refractivity contribution >= 4 is 22.8 Å². The van der Waals surface area contributed by atoms with Crippen LogP contribution in [0, 0.1) is 11.6 Å². The van der Waals surface area contributed by atoms with Gasteiger partial charge in [-0.3, -0.25) is 14.6 Å². The quantitative estimate of drug-likeness (QED) is 0.640. The minimum atomic E-state index is -1.03. The van der Waals surface area contributed by atoms with Crippen molar-refractivity contribution in [1.82, 2.24) is 19.4 Å². The maximum absolute atomic E-state index is 13.2. The molecule has 0 aliphatic carbocycles. The van der Waals surface area contributed by atoms with Crippen LogP contribution < -0.4 is 15.2 Å². The number of anilines is 1. The number of piperazine rings is 1. The summed E-state index contributed by atoms with van der Waals surface area (Å²) in [6.45, 7) is 1.37. The number of ether oxygens (including phenoxy) is 1. The summed E-state index contributed by atoms with van der Waals surface area (Å²) in [6, 6.07) is 4.85. The molecule has 1 amide bonds. The van der Waals surface area contributed by atoms with E-state index in [9.17, 15) is 18.4 Å². The number of rotatable bonds is 4. The molecule has 4 rings (SSSR count). The Morgan fingerprint density at radius 3 is 2.63 bits per heavy atom. The van der Waals surface area contributed by atoms with Crippen LogP contribution in [-0.2, 0) is 11.8 Å². The number of aryl methyl sites for hydroxylation is 1. The molecule has 156 valence electrons. The predicted molar refractivity (Wildman–Crippen MR) is 105 cm³/mol. The van der Waals surface area contributed by atoms with Crippen LogP contribution in [0.15, 0.2) is 41.5 Å². The lowest BCUT2D eigenvalue weighted by molar-refractivity contribution is -0.133. The van der Waals surface area contributed by atoms with Gasteiger partial charge in [-0.05, 0) is 18.2 Å². The number of carbonyl (C=O) groups excluding carboxylic acids is 1. The first-order chi connectivity index (χ1) is 14.4. The minimum absolute atomic E-state index is 0.0826. The third-order valence-corrected chi connectivity index (χ3v) is 5.05. The Balaban J connectivity index is 1.39.